The van der Waals surface area contributed by atoms with Crippen molar-refractivity contribution in [3.63, 3.8) is 0 Å². The van der Waals surface area contributed by atoms with Crippen LogP contribution in [0.4, 0.5) is 11.4 Å². The Morgan fingerprint density at radius 2 is 1.50 bits per heavy atom. The number of nitrogens with one attached hydrogen (secondary N) is 1. The summed E-state index contributed by atoms with van der Waals surface area (Å²) >= 11 is 0. The van der Waals surface area contributed by atoms with Crippen molar-refractivity contribution in [2.75, 3.05) is 10.8 Å². The molecule has 0 fully saturated rings. The van der Waals surface area contributed by atoms with Gasteiger partial charge in [0.05, 0.1) is 15.5 Å². The molecule has 0 aliphatic carbocycles. The molecular formula is C35H38N4O6S. The highest BCUT2D eigenvalue weighted by atomic mass is 32.2. The van der Waals surface area contributed by atoms with E-state index in [2.05, 4.69) is 5.32 Å². The first kappa shape index (κ1) is 33.9. The molecule has 0 radical (unpaired) electrons. The Kier molecular flexibility index (Phi) is 11.3. The number of non-ortho nitro benzene ring substituents is 1. The highest BCUT2D eigenvalue weighted by molar-refractivity contribution is 7.92. The predicted octanol–water partition coefficient (Wildman–Crippen LogP) is 5.65. The molecule has 0 saturated carbocycles. The summed E-state index contributed by atoms with van der Waals surface area (Å²) in [7, 11) is -4.37. The van der Waals surface area contributed by atoms with E-state index in [9.17, 15) is 28.1 Å². The summed E-state index contributed by atoms with van der Waals surface area (Å²) < 4.78 is 29.0. The molecule has 2 amide bonds. The van der Waals surface area contributed by atoms with Crippen LogP contribution in [-0.2, 0) is 32.6 Å². The number of benzene rings is 4. The average molecular weight is 643 g/mol. The largest absolute Gasteiger partial charge is 0.352 e. The number of hydrogen-bond donors (Lipinski definition) is 1. The number of amides is 2. The second-order valence-electron chi connectivity index (χ2n) is 11.1. The number of sulfonamides is 1. The lowest BCUT2D eigenvalue weighted by molar-refractivity contribution is -0.384. The molecule has 0 aromatic heterocycles. The van der Waals surface area contributed by atoms with Crippen LogP contribution < -0.4 is 9.62 Å². The van der Waals surface area contributed by atoms with Gasteiger partial charge in [-0.2, -0.15) is 0 Å². The summed E-state index contributed by atoms with van der Waals surface area (Å²) in [6.45, 7) is 5.08. The fourth-order valence-corrected chi connectivity index (χ4v) is 6.32. The Hall–Kier alpha value is -5.03. The molecule has 0 saturated heterocycles. The minimum atomic E-state index is -4.37. The standard InChI is InChI=1S/C35H38N4O6S/c1-4-27(3)36-35(41)33(22-28-12-7-5-8-13-28)37(24-29-20-18-26(2)19-21-29)34(40)25-38(30-14-11-15-31(23-30)39(42)43)46(44,45)32-16-9-6-10-17-32/h5-21,23,27,33H,4,22,24-25H2,1-3H3,(H,36,41). The fourth-order valence-electron chi connectivity index (χ4n) is 4.90. The van der Waals surface area contributed by atoms with Crippen molar-refractivity contribution < 1.29 is 22.9 Å². The number of rotatable bonds is 14. The first-order chi connectivity index (χ1) is 22.0. The fraction of sp³-hybridized carbons (Fsp3) is 0.257. The summed E-state index contributed by atoms with van der Waals surface area (Å²) in [5.74, 6) is -1.02. The SMILES string of the molecule is CCC(C)NC(=O)C(Cc1ccccc1)N(Cc1ccc(C)cc1)C(=O)CN(c1cccc([N+](=O)[O-])c1)S(=O)(=O)c1ccccc1. The van der Waals surface area contributed by atoms with E-state index in [1.54, 1.807) is 18.2 Å². The van der Waals surface area contributed by atoms with Crippen LogP contribution >= 0.6 is 0 Å². The molecule has 2 atom stereocenters. The highest BCUT2D eigenvalue weighted by Crippen LogP contribution is 2.28. The number of carbonyl (C=O) groups excluding carboxylic acids is 2. The monoisotopic (exact) mass is 642 g/mol. The van der Waals surface area contributed by atoms with E-state index in [1.165, 1.54) is 35.2 Å². The Morgan fingerprint density at radius 3 is 2.11 bits per heavy atom. The van der Waals surface area contributed by atoms with Gasteiger partial charge in [-0.15, -0.1) is 0 Å². The first-order valence-electron chi connectivity index (χ1n) is 15.0. The van der Waals surface area contributed by atoms with Gasteiger partial charge in [0.25, 0.3) is 15.7 Å². The molecule has 0 aliphatic rings. The van der Waals surface area contributed by atoms with Crippen LogP contribution in [0, 0.1) is 17.0 Å². The van der Waals surface area contributed by atoms with Crippen LogP contribution in [-0.4, -0.2) is 48.7 Å². The number of nitro groups is 1. The summed E-state index contributed by atoms with van der Waals surface area (Å²) in [5.41, 5.74) is 2.21. The van der Waals surface area contributed by atoms with Crippen molar-refractivity contribution in [2.45, 2.75) is 57.1 Å². The number of anilines is 1. The van der Waals surface area contributed by atoms with Crippen molar-refractivity contribution in [2.24, 2.45) is 0 Å². The van der Waals surface area contributed by atoms with Gasteiger partial charge >= 0.3 is 0 Å². The van der Waals surface area contributed by atoms with Crippen LogP contribution in [0.15, 0.2) is 114 Å². The molecule has 240 valence electrons. The lowest BCUT2D eigenvalue weighted by Crippen LogP contribution is -2.54. The lowest BCUT2D eigenvalue weighted by Gasteiger charge is -2.34. The van der Waals surface area contributed by atoms with E-state index in [-0.39, 0.29) is 41.2 Å². The van der Waals surface area contributed by atoms with Crippen molar-refractivity contribution in [1.82, 2.24) is 10.2 Å². The van der Waals surface area contributed by atoms with Crippen molar-refractivity contribution >= 4 is 33.2 Å². The Labute approximate surface area is 269 Å². The van der Waals surface area contributed by atoms with Crippen molar-refractivity contribution in [3.05, 3.63) is 136 Å². The van der Waals surface area contributed by atoms with Gasteiger partial charge in [0.15, 0.2) is 0 Å². The summed E-state index contributed by atoms with van der Waals surface area (Å²) in [6.07, 6.45) is 0.856. The topological polar surface area (TPSA) is 130 Å². The second kappa shape index (κ2) is 15.3. The third-order valence-corrected chi connectivity index (χ3v) is 9.47. The maximum absolute atomic E-state index is 14.5. The number of nitro benzene ring substituents is 1. The number of hydrogen-bond acceptors (Lipinski definition) is 6. The molecule has 46 heavy (non-hydrogen) atoms. The van der Waals surface area contributed by atoms with E-state index in [0.717, 1.165) is 27.1 Å². The molecule has 10 nitrogen and oxygen atoms in total. The number of aryl methyl sites for hydroxylation is 1. The van der Waals surface area contributed by atoms with E-state index in [1.807, 2.05) is 75.4 Å². The molecular weight excluding hydrogens is 604 g/mol. The third-order valence-electron chi connectivity index (χ3n) is 7.68. The zero-order valence-electron chi connectivity index (χ0n) is 26.1. The van der Waals surface area contributed by atoms with E-state index in [0.29, 0.717) is 6.42 Å². The molecule has 0 spiro atoms. The van der Waals surface area contributed by atoms with Crippen LogP contribution in [0.2, 0.25) is 0 Å². The zero-order valence-corrected chi connectivity index (χ0v) is 26.9. The number of nitrogens with zero attached hydrogens (tertiary/aromatic N) is 3. The zero-order chi connectivity index (χ0) is 33.3. The maximum Gasteiger partial charge on any atom is 0.271 e. The van der Waals surface area contributed by atoms with Gasteiger partial charge in [-0.25, -0.2) is 8.42 Å². The van der Waals surface area contributed by atoms with Gasteiger partial charge in [-0.05, 0) is 49.6 Å². The first-order valence-corrected chi connectivity index (χ1v) is 16.4. The molecule has 2 unspecified atom stereocenters. The summed E-state index contributed by atoms with van der Waals surface area (Å²) in [6, 6.07) is 28.4. The van der Waals surface area contributed by atoms with Gasteiger partial charge < -0.3 is 10.2 Å². The summed E-state index contributed by atoms with van der Waals surface area (Å²) in [4.78, 5) is 40.7. The molecule has 4 aromatic rings. The lowest BCUT2D eigenvalue weighted by atomic mass is 10.0. The van der Waals surface area contributed by atoms with Gasteiger partial charge in [-0.3, -0.25) is 24.0 Å². The van der Waals surface area contributed by atoms with Gasteiger partial charge in [-0.1, -0.05) is 91.3 Å². The Morgan fingerprint density at radius 1 is 0.870 bits per heavy atom. The third kappa shape index (κ3) is 8.57. The van der Waals surface area contributed by atoms with Crippen LogP contribution in [0.25, 0.3) is 0 Å². The Balaban J connectivity index is 1.83. The molecule has 0 heterocycles. The maximum atomic E-state index is 14.5. The van der Waals surface area contributed by atoms with Gasteiger partial charge in [0.1, 0.15) is 12.6 Å². The number of carbonyl (C=O) groups is 2. The van der Waals surface area contributed by atoms with E-state index >= 15 is 0 Å². The molecule has 11 heteroatoms. The Bertz CT molecular complexity index is 1750. The van der Waals surface area contributed by atoms with Gasteiger partial charge in [0.2, 0.25) is 11.8 Å². The minimum absolute atomic E-state index is 0.0265. The molecule has 0 aliphatic heterocycles. The minimum Gasteiger partial charge on any atom is -0.352 e. The smallest absolute Gasteiger partial charge is 0.271 e. The second-order valence-corrected chi connectivity index (χ2v) is 13.0. The van der Waals surface area contributed by atoms with Crippen molar-refractivity contribution in [1.29, 1.82) is 0 Å². The van der Waals surface area contributed by atoms with Crippen LogP contribution in [0.5, 0.6) is 0 Å². The molecule has 4 aromatic carbocycles. The average Bonchev–Trinajstić information content (AvgIpc) is 3.06. The highest BCUT2D eigenvalue weighted by Gasteiger charge is 2.35. The van der Waals surface area contributed by atoms with E-state index < -0.39 is 33.4 Å². The summed E-state index contributed by atoms with van der Waals surface area (Å²) in [5, 5.41) is 14.6. The molecule has 1 N–H and O–H groups in total. The molecule has 4 rings (SSSR count). The quantitative estimate of drug-likeness (QED) is 0.140. The normalized spacial score (nSPS) is 12.5. The van der Waals surface area contributed by atoms with E-state index in [4.69, 9.17) is 0 Å². The van der Waals surface area contributed by atoms with Crippen LogP contribution in [0.3, 0.4) is 0 Å². The molecule has 0 bridgehead atoms. The van der Waals surface area contributed by atoms with Gasteiger partial charge in [0, 0.05) is 31.1 Å². The predicted molar refractivity (Wildman–Crippen MR) is 178 cm³/mol. The van der Waals surface area contributed by atoms with Crippen LogP contribution in [0.1, 0.15) is 37.0 Å². The van der Waals surface area contributed by atoms with Crippen molar-refractivity contribution in [3.8, 4) is 0 Å².